The number of methoxy groups -OCH3 is 1. The summed E-state index contributed by atoms with van der Waals surface area (Å²) in [5, 5.41) is 9.93. The second kappa shape index (κ2) is 5.19. The Morgan fingerprint density at radius 1 is 1.63 bits per heavy atom. The zero-order valence-electron chi connectivity index (χ0n) is 10.9. The summed E-state index contributed by atoms with van der Waals surface area (Å²) >= 11 is 1.38. The van der Waals surface area contributed by atoms with Crippen LogP contribution >= 0.6 is 11.3 Å². The number of fused-ring (bicyclic) bond motifs is 1. The van der Waals surface area contributed by atoms with Crippen LogP contribution in [0.3, 0.4) is 0 Å². The normalized spacial score (nSPS) is 21.7. The number of ether oxygens (including phenoxy) is 1. The number of nitrogens with zero attached hydrogens (tertiary/aromatic N) is 1. The van der Waals surface area contributed by atoms with E-state index in [4.69, 9.17) is 16.2 Å². The smallest absolute Gasteiger partial charge is 0.251 e. The maximum Gasteiger partial charge on any atom is 0.251 e. The number of hydrogen-bond donors (Lipinski definition) is 2. The number of carbonyl (C=O) groups excluding carboxylic acids is 1. The molecule has 0 fully saturated rings. The van der Waals surface area contributed by atoms with Crippen LogP contribution in [-0.4, -0.2) is 19.6 Å². The van der Waals surface area contributed by atoms with Crippen LogP contribution in [0.2, 0.25) is 0 Å². The number of hydrogen-bond acceptors (Lipinski definition) is 5. The molecule has 0 bridgehead atoms. The molecule has 4 N–H and O–H groups in total. The lowest BCUT2D eigenvalue weighted by Gasteiger charge is -2.30. The molecule has 1 unspecified atom stereocenters. The molecule has 1 atom stereocenters. The molecule has 1 aromatic rings. The number of carbonyl (C=O) groups is 1. The predicted octanol–water partition coefficient (Wildman–Crippen LogP) is 1.46. The lowest BCUT2D eigenvalue weighted by Crippen LogP contribution is -2.29. The minimum atomic E-state index is -0.476. The van der Waals surface area contributed by atoms with Gasteiger partial charge in [-0.15, -0.1) is 11.3 Å². The van der Waals surface area contributed by atoms with E-state index in [9.17, 15) is 10.1 Å². The molecule has 1 heterocycles. The van der Waals surface area contributed by atoms with Gasteiger partial charge < -0.3 is 16.2 Å². The van der Waals surface area contributed by atoms with E-state index < -0.39 is 11.3 Å². The van der Waals surface area contributed by atoms with Gasteiger partial charge in [0.1, 0.15) is 0 Å². The molecule has 0 spiro atoms. The van der Waals surface area contributed by atoms with Crippen molar-refractivity contribution in [1.29, 1.82) is 5.26 Å². The highest BCUT2D eigenvalue weighted by molar-refractivity contribution is 7.16. The van der Waals surface area contributed by atoms with E-state index >= 15 is 0 Å². The number of nitriles is 1. The first-order chi connectivity index (χ1) is 9.03. The van der Waals surface area contributed by atoms with Gasteiger partial charge in [0.05, 0.1) is 22.0 Å². The second-order valence-electron chi connectivity index (χ2n) is 4.92. The summed E-state index contributed by atoms with van der Waals surface area (Å²) in [7, 11) is 1.63. The molecule has 5 nitrogen and oxygen atoms in total. The zero-order valence-corrected chi connectivity index (χ0v) is 11.7. The Kier molecular flexibility index (Phi) is 3.78. The van der Waals surface area contributed by atoms with Crippen molar-refractivity contribution in [2.75, 3.05) is 19.5 Å². The van der Waals surface area contributed by atoms with Gasteiger partial charge in [0, 0.05) is 25.0 Å². The van der Waals surface area contributed by atoms with Gasteiger partial charge in [-0.05, 0) is 24.8 Å². The number of primary amides is 1. The average Bonchev–Trinajstić information content (AvgIpc) is 2.71. The monoisotopic (exact) mass is 279 g/mol. The lowest BCUT2D eigenvalue weighted by molar-refractivity contribution is 0.0999. The predicted molar refractivity (Wildman–Crippen MR) is 73.8 cm³/mol. The maximum atomic E-state index is 11.4. The van der Waals surface area contributed by atoms with Crippen LogP contribution in [0.5, 0.6) is 0 Å². The Hall–Kier alpha value is -1.58. The van der Waals surface area contributed by atoms with Gasteiger partial charge in [-0.2, -0.15) is 5.26 Å². The molecule has 2 rings (SSSR count). The maximum absolute atomic E-state index is 11.4. The van der Waals surface area contributed by atoms with Gasteiger partial charge in [0.25, 0.3) is 5.91 Å². The topological polar surface area (TPSA) is 102 Å². The Labute approximate surface area is 116 Å². The van der Waals surface area contributed by atoms with Gasteiger partial charge in [0.15, 0.2) is 0 Å². The third kappa shape index (κ3) is 2.44. The number of anilines is 1. The highest BCUT2D eigenvalue weighted by atomic mass is 32.1. The van der Waals surface area contributed by atoms with Crippen molar-refractivity contribution < 1.29 is 9.53 Å². The molecule has 0 aromatic carbocycles. The molecule has 0 radical (unpaired) electrons. The molecule has 102 valence electrons. The van der Waals surface area contributed by atoms with Crippen LogP contribution in [0.4, 0.5) is 5.00 Å². The van der Waals surface area contributed by atoms with Gasteiger partial charge in [-0.1, -0.05) is 0 Å². The van der Waals surface area contributed by atoms with Crippen LogP contribution in [0, 0.1) is 16.7 Å². The molecule has 19 heavy (non-hydrogen) atoms. The van der Waals surface area contributed by atoms with Crippen LogP contribution in [0.25, 0.3) is 0 Å². The van der Waals surface area contributed by atoms with E-state index in [1.165, 1.54) is 11.3 Å². The molecule has 1 aromatic heterocycles. The number of rotatable bonds is 4. The summed E-state index contributed by atoms with van der Waals surface area (Å²) in [6.45, 7) is 0.562. The van der Waals surface area contributed by atoms with Crippen molar-refractivity contribution in [2.24, 2.45) is 11.1 Å². The van der Waals surface area contributed by atoms with Gasteiger partial charge in [-0.3, -0.25) is 4.79 Å². The third-order valence-corrected chi connectivity index (χ3v) is 4.80. The molecule has 1 aliphatic carbocycles. The summed E-state index contributed by atoms with van der Waals surface area (Å²) < 4.78 is 5.08. The Morgan fingerprint density at radius 3 is 2.95 bits per heavy atom. The summed E-state index contributed by atoms with van der Waals surface area (Å²) in [5.41, 5.74) is 12.2. The average molecular weight is 279 g/mol. The summed E-state index contributed by atoms with van der Waals surface area (Å²) in [6, 6.07) is 2.42. The van der Waals surface area contributed by atoms with Crippen molar-refractivity contribution in [2.45, 2.75) is 25.7 Å². The molecule has 6 heteroatoms. The van der Waals surface area contributed by atoms with E-state index in [0.717, 1.165) is 16.9 Å². The fraction of sp³-hybridized carbons (Fsp3) is 0.538. The van der Waals surface area contributed by atoms with Crippen LogP contribution in [-0.2, 0) is 17.6 Å². The summed E-state index contributed by atoms with van der Waals surface area (Å²) in [6.07, 6.45) is 2.72. The summed E-state index contributed by atoms with van der Waals surface area (Å²) in [4.78, 5) is 12.4. The summed E-state index contributed by atoms with van der Waals surface area (Å²) in [5.74, 6) is -0.476. The SMILES string of the molecule is COCCC1(C#N)CCc2c(sc(N)c2C(N)=O)C1. The van der Waals surface area contributed by atoms with Crippen molar-refractivity contribution >= 4 is 22.2 Å². The minimum Gasteiger partial charge on any atom is -0.390 e. The van der Waals surface area contributed by atoms with E-state index in [2.05, 4.69) is 6.07 Å². The Balaban J connectivity index is 2.32. The zero-order chi connectivity index (χ0) is 14.0. The first-order valence-corrected chi connectivity index (χ1v) is 6.94. The second-order valence-corrected chi connectivity index (χ2v) is 6.06. The van der Waals surface area contributed by atoms with Gasteiger partial charge >= 0.3 is 0 Å². The van der Waals surface area contributed by atoms with Crippen molar-refractivity contribution in [1.82, 2.24) is 0 Å². The van der Waals surface area contributed by atoms with E-state index in [-0.39, 0.29) is 0 Å². The van der Waals surface area contributed by atoms with E-state index in [1.54, 1.807) is 7.11 Å². The lowest BCUT2D eigenvalue weighted by atomic mass is 9.73. The van der Waals surface area contributed by atoms with Crippen LogP contribution < -0.4 is 11.5 Å². The first kappa shape index (κ1) is 13.8. The van der Waals surface area contributed by atoms with Crippen molar-refractivity contribution in [3.63, 3.8) is 0 Å². The highest BCUT2D eigenvalue weighted by Crippen LogP contribution is 2.44. The van der Waals surface area contributed by atoms with Crippen LogP contribution in [0.1, 0.15) is 33.6 Å². The van der Waals surface area contributed by atoms with Crippen molar-refractivity contribution in [3.05, 3.63) is 16.0 Å². The number of nitrogen functional groups attached to an aromatic ring is 1. The molecular formula is C13H17N3O2S. The van der Waals surface area contributed by atoms with Crippen molar-refractivity contribution in [3.8, 4) is 6.07 Å². The Morgan fingerprint density at radius 2 is 2.37 bits per heavy atom. The largest absolute Gasteiger partial charge is 0.390 e. The molecule has 1 aliphatic rings. The van der Waals surface area contributed by atoms with Gasteiger partial charge in [-0.25, -0.2) is 0 Å². The fourth-order valence-corrected chi connectivity index (χ4v) is 3.90. The molecule has 1 amide bonds. The van der Waals surface area contributed by atoms with E-state index in [1.807, 2.05) is 0 Å². The fourth-order valence-electron chi connectivity index (χ4n) is 2.63. The Bertz CT molecular complexity index is 547. The molecule has 0 saturated heterocycles. The minimum absolute atomic E-state index is 0.408. The third-order valence-electron chi connectivity index (χ3n) is 3.74. The standard InChI is InChI=1S/C13H17N3O2S/c1-18-5-4-13(7-14)3-2-8-9(6-13)19-12(16)10(8)11(15)17/h2-6,16H2,1H3,(H2,15,17). The molecular weight excluding hydrogens is 262 g/mol. The number of amides is 1. The number of thiophene rings is 1. The highest BCUT2D eigenvalue weighted by Gasteiger charge is 2.37. The molecule has 0 saturated carbocycles. The van der Waals surface area contributed by atoms with Gasteiger partial charge in [0.2, 0.25) is 0 Å². The van der Waals surface area contributed by atoms with Crippen LogP contribution in [0.15, 0.2) is 0 Å². The molecule has 0 aliphatic heterocycles. The quantitative estimate of drug-likeness (QED) is 0.871. The van der Waals surface area contributed by atoms with E-state index in [0.29, 0.717) is 36.4 Å². The first-order valence-electron chi connectivity index (χ1n) is 6.13. The number of nitrogens with two attached hydrogens (primary N) is 2.